The van der Waals surface area contributed by atoms with E-state index in [4.69, 9.17) is 14.5 Å². The van der Waals surface area contributed by atoms with Crippen LogP contribution in [-0.2, 0) is 18.3 Å². The Kier molecular flexibility index (Phi) is 7.40. The van der Waals surface area contributed by atoms with E-state index in [0.717, 1.165) is 45.8 Å². The maximum atomic E-state index is 14.3. The van der Waals surface area contributed by atoms with E-state index >= 15 is 0 Å². The highest BCUT2D eigenvalue weighted by Crippen LogP contribution is 2.45. The first-order chi connectivity index (χ1) is 25.9. The first-order valence-corrected chi connectivity index (χ1v) is 18.6. The van der Waals surface area contributed by atoms with Gasteiger partial charge in [0.1, 0.15) is 17.9 Å². The smallest absolute Gasteiger partial charge is 0.407 e. The number of alkyl carbamates (subject to hydrolysis) is 1. The van der Waals surface area contributed by atoms with Crippen molar-refractivity contribution in [2.45, 2.75) is 49.9 Å². The van der Waals surface area contributed by atoms with Crippen LogP contribution in [0.25, 0.3) is 44.6 Å². The molecule has 0 radical (unpaired) electrons. The van der Waals surface area contributed by atoms with Gasteiger partial charge in [0.25, 0.3) is 5.91 Å². The molecule has 4 atom stereocenters. The molecule has 6 aromatic rings. The normalized spacial score (nSPS) is 21.7. The number of aliphatic hydroxyl groups excluding tert-OH is 1. The molecule has 3 fully saturated rings. The minimum absolute atomic E-state index is 0.0596. The lowest BCUT2D eigenvalue weighted by Gasteiger charge is -2.31. The Labute approximate surface area is 306 Å². The summed E-state index contributed by atoms with van der Waals surface area (Å²) in [6.45, 7) is 1.56. The molecule has 2 saturated carbocycles. The third-order valence-electron chi connectivity index (χ3n) is 12.1. The monoisotopic (exact) mass is 707 g/mol. The number of methoxy groups -OCH3 is 1. The Bertz CT molecular complexity index is 2400. The molecule has 10 nitrogen and oxygen atoms in total. The number of amides is 2. The van der Waals surface area contributed by atoms with Crippen LogP contribution in [0.15, 0.2) is 91.0 Å². The van der Waals surface area contributed by atoms with Crippen molar-refractivity contribution in [3.8, 4) is 28.4 Å². The van der Waals surface area contributed by atoms with E-state index in [1.54, 1.807) is 18.1 Å². The van der Waals surface area contributed by atoms with Gasteiger partial charge >= 0.3 is 6.09 Å². The summed E-state index contributed by atoms with van der Waals surface area (Å²) in [6.07, 6.45) is 1.67. The van der Waals surface area contributed by atoms with Gasteiger partial charge in [0.15, 0.2) is 5.82 Å². The number of hydrogen-bond donors (Lipinski definition) is 2. The highest BCUT2D eigenvalue weighted by Gasteiger charge is 2.54. The van der Waals surface area contributed by atoms with Gasteiger partial charge in [0.05, 0.1) is 36.5 Å². The number of carbonyl (C=O) groups excluding carboxylic acids is 2. The van der Waals surface area contributed by atoms with Crippen molar-refractivity contribution >= 4 is 33.9 Å². The fourth-order valence-corrected chi connectivity index (χ4v) is 9.41. The highest BCUT2D eigenvalue weighted by molar-refractivity contribution is 6.00. The number of likely N-dealkylation sites (tertiary alicyclic amines) is 1. The fourth-order valence-electron chi connectivity index (χ4n) is 9.41. The number of aromatic nitrogens is 3. The molecule has 4 aliphatic rings. The summed E-state index contributed by atoms with van der Waals surface area (Å²) in [7, 11) is 3.60. The van der Waals surface area contributed by atoms with Gasteiger partial charge in [0, 0.05) is 48.4 Å². The van der Waals surface area contributed by atoms with Crippen LogP contribution >= 0.6 is 0 Å². The first-order valence-electron chi connectivity index (χ1n) is 18.6. The Morgan fingerprint density at radius 1 is 0.943 bits per heavy atom. The van der Waals surface area contributed by atoms with Crippen LogP contribution in [0.4, 0.5) is 4.79 Å². The van der Waals surface area contributed by atoms with E-state index in [1.165, 1.54) is 23.7 Å². The summed E-state index contributed by atoms with van der Waals surface area (Å²) in [5.74, 6) is 1.64. The molecule has 53 heavy (non-hydrogen) atoms. The Morgan fingerprint density at radius 2 is 1.66 bits per heavy atom. The molecule has 268 valence electrons. The maximum absolute atomic E-state index is 14.3. The molecule has 10 heteroatoms. The van der Waals surface area contributed by atoms with E-state index < -0.39 is 24.3 Å². The molecule has 4 aromatic carbocycles. The second-order valence-corrected chi connectivity index (χ2v) is 15.2. The summed E-state index contributed by atoms with van der Waals surface area (Å²) >= 11 is 0. The molecule has 3 aliphatic carbocycles. The number of para-hydroxylation sites is 1. The largest absolute Gasteiger partial charge is 0.494 e. The van der Waals surface area contributed by atoms with Crippen LogP contribution in [0.2, 0.25) is 0 Å². The van der Waals surface area contributed by atoms with E-state index in [0.29, 0.717) is 35.7 Å². The summed E-state index contributed by atoms with van der Waals surface area (Å²) in [4.78, 5) is 34.4. The number of carbonyl (C=O) groups is 2. The highest BCUT2D eigenvalue weighted by atomic mass is 16.5. The van der Waals surface area contributed by atoms with Gasteiger partial charge in [-0.25, -0.2) is 9.78 Å². The number of aryl methyl sites for hydroxylation is 1. The molecule has 10 rings (SSSR count). The Hall–Kier alpha value is -5.61. The van der Waals surface area contributed by atoms with Crippen molar-refractivity contribution in [2.75, 3.05) is 20.3 Å². The molecule has 3 heterocycles. The van der Waals surface area contributed by atoms with Crippen LogP contribution in [-0.4, -0.2) is 74.6 Å². The topological polar surface area (TPSA) is 111 Å². The number of fused-ring (bicyclic) bond motifs is 7. The van der Waals surface area contributed by atoms with Gasteiger partial charge in [-0.1, -0.05) is 66.7 Å². The Balaban J connectivity index is 0.899. The molecule has 2 bridgehead atoms. The molecule has 1 aliphatic heterocycles. The number of ether oxygens (including phenoxy) is 2. The average Bonchev–Trinajstić information content (AvgIpc) is 3.40. The lowest BCUT2D eigenvalue weighted by molar-refractivity contribution is 0.0384. The minimum Gasteiger partial charge on any atom is -0.494 e. The second-order valence-electron chi connectivity index (χ2n) is 15.2. The summed E-state index contributed by atoms with van der Waals surface area (Å²) in [5, 5.41) is 15.4. The van der Waals surface area contributed by atoms with Gasteiger partial charge in [-0.3, -0.25) is 4.79 Å². The van der Waals surface area contributed by atoms with Crippen molar-refractivity contribution in [3.63, 3.8) is 0 Å². The Morgan fingerprint density at radius 3 is 2.40 bits per heavy atom. The van der Waals surface area contributed by atoms with Crippen molar-refractivity contribution < 1.29 is 24.2 Å². The van der Waals surface area contributed by atoms with Crippen LogP contribution in [0.1, 0.15) is 46.7 Å². The van der Waals surface area contributed by atoms with Crippen molar-refractivity contribution in [1.82, 2.24) is 24.3 Å². The molecular weight excluding hydrogens is 667 g/mol. The second kappa shape index (κ2) is 12.2. The fraction of sp³-hybridized carbons (Fsp3) is 0.326. The van der Waals surface area contributed by atoms with Crippen molar-refractivity contribution in [1.29, 1.82) is 0 Å². The first kappa shape index (κ1) is 32.1. The minimum atomic E-state index is -0.767. The number of imidazole rings is 1. The van der Waals surface area contributed by atoms with Crippen LogP contribution in [0.3, 0.4) is 0 Å². The average molecular weight is 708 g/mol. The zero-order valence-electron chi connectivity index (χ0n) is 29.7. The molecule has 2 amide bonds. The number of nitrogens with zero attached hydrogens (tertiary/aromatic N) is 4. The summed E-state index contributed by atoms with van der Waals surface area (Å²) in [5.41, 5.74) is 8.73. The molecule has 1 saturated heterocycles. The zero-order valence-corrected chi connectivity index (χ0v) is 29.7. The number of nitrogens with one attached hydrogen (secondary N) is 1. The van der Waals surface area contributed by atoms with Crippen molar-refractivity contribution in [2.24, 2.45) is 18.9 Å². The number of piperidine rings is 1. The zero-order chi connectivity index (χ0) is 36.0. The lowest BCUT2D eigenvalue weighted by atomic mass is 9.98. The van der Waals surface area contributed by atoms with Crippen LogP contribution in [0.5, 0.6) is 5.75 Å². The van der Waals surface area contributed by atoms with Gasteiger partial charge in [-0.05, 0) is 71.7 Å². The number of benzene rings is 4. The van der Waals surface area contributed by atoms with Gasteiger partial charge in [-0.2, -0.15) is 0 Å². The third-order valence-corrected chi connectivity index (χ3v) is 12.1. The van der Waals surface area contributed by atoms with Gasteiger partial charge in [-0.15, -0.1) is 0 Å². The lowest BCUT2D eigenvalue weighted by Crippen LogP contribution is -2.50. The van der Waals surface area contributed by atoms with Gasteiger partial charge in [0.2, 0.25) is 0 Å². The molecule has 0 unspecified atom stereocenters. The summed E-state index contributed by atoms with van der Waals surface area (Å²) in [6, 6.07) is 29.7. The standard InChI is InChI=1S/C43H41N5O5/c1-46-39-33(44-41(46)35-18-25-9-3-8-14-34(25)47(35)21-24-15-16-24)17-26(20-37(39)52-2)42(50)48-22-27-19-36(49)40(48)38(27)45-43(51)53-23-32-30-12-6-4-10-28(30)29-11-5-7-13-31(29)32/h3-14,17-18,20,24,27,32,36,38,40,49H,15-16,19,21-23H2,1-2H3,(H,45,51)/t27-,36+,38-,40-/m1/s1. The predicted molar refractivity (Wildman–Crippen MR) is 202 cm³/mol. The number of aliphatic hydroxyl groups is 1. The summed E-state index contributed by atoms with van der Waals surface area (Å²) < 4.78 is 16.2. The van der Waals surface area contributed by atoms with Crippen LogP contribution in [0, 0.1) is 11.8 Å². The maximum Gasteiger partial charge on any atom is 0.407 e. The van der Waals surface area contributed by atoms with E-state index in [9.17, 15) is 14.7 Å². The van der Waals surface area contributed by atoms with Crippen LogP contribution < -0.4 is 10.1 Å². The SMILES string of the molecule is COc1cc(C(=O)N2C[C@H]3C[C@H](O)[C@@H]2[C@@H]3NC(=O)OCC2c3ccccc3-c3ccccc32)cc2nc(-c3cc4ccccc4n3CC3CC3)n(C)c12. The number of rotatable bonds is 8. The van der Waals surface area contributed by atoms with E-state index in [1.807, 2.05) is 37.4 Å². The predicted octanol–water partition coefficient (Wildman–Crippen LogP) is 6.73. The van der Waals surface area contributed by atoms with Crippen molar-refractivity contribution in [3.05, 3.63) is 108 Å². The van der Waals surface area contributed by atoms with E-state index in [-0.39, 0.29) is 24.3 Å². The molecule has 2 aromatic heterocycles. The number of hydrogen-bond acceptors (Lipinski definition) is 6. The van der Waals surface area contributed by atoms with E-state index in [2.05, 4.69) is 69.0 Å². The molecule has 0 spiro atoms. The van der Waals surface area contributed by atoms with Gasteiger partial charge < -0.3 is 33.9 Å². The third kappa shape index (κ3) is 5.14. The molecular formula is C43H41N5O5. The quantitative estimate of drug-likeness (QED) is 0.182. The molecule has 2 N–H and O–H groups in total.